The summed E-state index contributed by atoms with van der Waals surface area (Å²) in [5.74, 6) is 0.0187. The van der Waals surface area contributed by atoms with Crippen molar-refractivity contribution in [1.82, 2.24) is 9.80 Å². The number of hydrogen-bond acceptors (Lipinski definition) is 4. The zero-order valence-electron chi connectivity index (χ0n) is 16.9. The van der Waals surface area contributed by atoms with Gasteiger partial charge in [0.05, 0.1) is 4.88 Å². The van der Waals surface area contributed by atoms with Crippen LogP contribution >= 0.6 is 11.3 Å². The Kier molecular flexibility index (Phi) is 5.58. The molecule has 0 bridgehead atoms. The lowest BCUT2D eigenvalue weighted by molar-refractivity contribution is -0.136. The first kappa shape index (κ1) is 19.9. The van der Waals surface area contributed by atoms with E-state index >= 15 is 0 Å². The van der Waals surface area contributed by atoms with Crippen LogP contribution in [0.15, 0.2) is 30.3 Å². The average molecular weight is 416 g/mol. The van der Waals surface area contributed by atoms with Crippen LogP contribution in [0.3, 0.4) is 0 Å². The topological polar surface area (TPSA) is 43.9 Å². The van der Waals surface area contributed by atoms with Crippen molar-refractivity contribution in [3.63, 3.8) is 0 Å². The van der Waals surface area contributed by atoms with Gasteiger partial charge in [-0.2, -0.15) is 0 Å². The standard InChI is InChI=1S/C22H26FN3O2S/c1-24(2)22(28)20-14-16-13-15(3-8-19(16)29-20)21(27)26-11-9-25(10-12-26)18-6-4-17(23)5-7-18/h4-7,14-15H,3,8-13H2,1-2H3. The fourth-order valence-corrected chi connectivity index (χ4v) is 5.39. The van der Waals surface area contributed by atoms with Crippen LogP contribution < -0.4 is 4.90 Å². The van der Waals surface area contributed by atoms with Crippen molar-refractivity contribution in [2.24, 2.45) is 5.92 Å². The molecule has 2 amide bonds. The molecular weight excluding hydrogens is 389 g/mol. The van der Waals surface area contributed by atoms with Crippen LogP contribution in [0.2, 0.25) is 0 Å². The molecule has 1 unspecified atom stereocenters. The SMILES string of the molecule is CN(C)C(=O)c1cc2c(s1)CCC(C(=O)N1CCN(c3ccc(F)cc3)CC1)C2. The number of nitrogens with zero attached hydrogens (tertiary/aromatic N) is 3. The van der Waals surface area contributed by atoms with Crippen molar-refractivity contribution >= 4 is 28.8 Å². The van der Waals surface area contributed by atoms with E-state index in [9.17, 15) is 14.0 Å². The minimum Gasteiger partial charge on any atom is -0.368 e. The van der Waals surface area contributed by atoms with Crippen molar-refractivity contribution in [3.05, 3.63) is 51.5 Å². The molecular formula is C22H26FN3O2S. The largest absolute Gasteiger partial charge is 0.368 e. The lowest BCUT2D eigenvalue weighted by atomic mass is 9.87. The number of aryl methyl sites for hydroxylation is 1. The number of benzene rings is 1. The Morgan fingerprint density at radius 2 is 1.79 bits per heavy atom. The highest BCUT2D eigenvalue weighted by Gasteiger charge is 2.32. The van der Waals surface area contributed by atoms with Crippen molar-refractivity contribution in [2.45, 2.75) is 19.3 Å². The molecule has 154 valence electrons. The summed E-state index contributed by atoms with van der Waals surface area (Å²) >= 11 is 1.57. The molecule has 29 heavy (non-hydrogen) atoms. The summed E-state index contributed by atoms with van der Waals surface area (Å²) in [4.78, 5) is 33.1. The van der Waals surface area contributed by atoms with Crippen LogP contribution in [-0.4, -0.2) is 61.9 Å². The third kappa shape index (κ3) is 4.15. The predicted octanol–water partition coefficient (Wildman–Crippen LogP) is 3.04. The quantitative estimate of drug-likeness (QED) is 0.774. The second-order valence-electron chi connectivity index (χ2n) is 7.99. The molecule has 1 aromatic carbocycles. The average Bonchev–Trinajstić information content (AvgIpc) is 3.16. The van der Waals surface area contributed by atoms with Gasteiger partial charge in [-0.15, -0.1) is 11.3 Å². The van der Waals surface area contributed by atoms with Crippen molar-refractivity contribution < 1.29 is 14.0 Å². The number of fused-ring (bicyclic) bond motifs is 1. The van der Waals surface area contributed by atoms with Gasteiger partial charge in [-0.05, 0) is 55.2 Å². The molecule has 1 aliphatic carbocycles. The molecule has 5 nitrogen and oxygen atoms in total. The molecule has 7 heteroatoms. The van der Waals surface area contributed by atoms with E-state index in [2.05, 4.69) is 4.90 Å². The number of carbonyl (C=O) groups is 2. The van der Waals surface area contributed by atoms with Crippen molar-refractivity contribution in [2.75, 3.05) is 45.2 Å². The van der Waals surface area contributed by atoms with Crippen LogP contribution in [0.5, 0.6) is 0 Å². The van der Waals surface area contributed by atoms with E-state index < -0.39 is 0 Å². The molecule has 1 saturated heterocycles. The Balaban J connectivity index is 1.36. The Morgan fingerprint density at radius 3 is 2.45 bits per heavy atom. The van der Waals surface area contributed by atoms with Crippen molar-refractivity contribution in [3.8, 4) is 0 Å². The highest BCUT2D eigenvalue weighted by Crippen LogP contribution is 2.34. The highest BCUT2D eigenvalue weighted by molar-refractivity contribution is 7.14. The fourth-order valence-electron chi connectivity index (χ4n) is 4.16. The number of halogens is 1. The van der Waals surface area contributed by atoms with Gasteiger partial charge in [0, 0.05) is 56.8 Å². The van der Waals surface area contributed by atoms with Gasteiger partial charge in [0.1, 0.15) is 5.82 Å². The third-order valence-corrected chi connectivity index (χ3v) is 7.06. The monoisotopic (exact) mass is 415 g/mol. The van der Waals surface area contributed by atoms with Gasteiger partial charge < -0.3 is 14.7 Å². The number of piperazine rings is 1. The zero-order chi connectivity index (χ0) is 20.5. The van der Waals surface area contributed by atoms with Crippen LogP contribution in [0.4, 0.5) is 10.1 Å². The second-order valence-corrected chi connectivity index (χ2v) is 9.12. The lowest BCUT2D eigenvalue weighted by Gasteiger charge is -2.38. The van der Waals surface area contributed by atoms with E-state index in [-0.39, 0.29) is 23.5 Å². The Hall–Kier alpha value is -2.41. The number of anilines is 1. The molecule has 1 fully saturated rings. The predicted molar refractivity (Wildman–Crippen MR) is 113 cm³/mol. The Labute approximate surface area is 174 Å². The first-order valence-electron chi connectivity index (χ1n) is 10.0. The summed E-state index contributed by atoms with van der Waals surface area (Å²) in [5, 5.41) is 0. The van der Waals surface area contributed by atoms with Crippen LogP contribution in [0.1, 0.15) is 26.5 Å². The molecule has 2 aromatic rings. The van der Waals surface area contributed by atoms with Gasteiger partial charge in [0.2, 0.25) is 5.91 Å². The summed E-state index contributed by atoms with van der Waals surface area (Å²) in [6.07, 6.45) is 2.44. The Bertz CT molecular complexity index is 901. The molecule has 1 aliphatic heterocycles. The van der Waals surface area contributed by atoms with E-state index in [4.69, 9.17) is 0 Å². The third-order valence-electron chi connectivity index (χ3n) is 5.83. The summed E-state index contributed by atoms with van der Waals surface area (Å²) in [6.45, 7) is 2.89. The maximum Gasteiger partial charge on any atom is 0.263 e. The Morgan fingerprint density at radius 1 is 1.10 bits per heavy atom. The van der Waals surface area contributed by atoms with E-state index in [1.807, 2.05) is 11.0 Å². The highest BCUT2D eigenvalue weighted by atomic mass is 32.1. The number of amides is 2. The fraction of sp³-hybridized carbons (Fsp3) is 0.455. The minimum atomic E-state index is -0.233. The van der Waals surface area contributed by atoms with Crippen LogP contribution in [0.25, 0.3) is 0 Å². The molecule has 0 N–H and O–H groups in total. The first-order chi connectivity index (χ1) is 13.9. The minimum absolute atomic E-state index is 0.00298. The molecule has 0 saturated carbocycles. The smallest absolute Gasteiger partial charge is 0.263 e. The first-order valence-corrected chi connectivity index (χ1v) is 10.9. The van der Waals surface area contributed by atoms with E-state index in [1.54, 1.807) is 42.5 Å². The summed E-state index contributed by atoms with van der Waals surface area (Å²) < 4.78 is 13.1. The summed E-state index contributed by atoms with van der Waals surface area (Å²) in [7, 11) is 3.53. The molecule has 1 aromatic heterocycles. The van der Waals surface area contributed by atoms with E-state index in [0.717, 1.165) is 48.5 Å². The summed E-state index contributed by atoms with van der Waals surface area (Å²) in [5.41, 5.74) is 2.16. The molecule has 0 radical (unpaired) electrons. The van der Waals surface area contributed by atoms with Gasteiger partial charge >= 0.3 is 0 Å². The maximum absolute atomic E-state index is 13.1. The van der Waals surface area contributed by atoms with Gasteiger partial charge in [-0.25, -0.2) is 4.39 Å². The van der Waals surface area contributed by atoms with Crippen molar-refractivity contribution in [1.29, 1.82) is 0 Å². The van der Waals surface area contributed by atoms with E-state index in [1.165, 1.54) is 17.0 Å². The molecule has 1 atom stereocenters. The van der Waals surface area contributed by atoms with Crippen LogP contribution in [0, 0.1) is 11.7 Å². The summed E-state index contributed by atoms with van der Waals surface area (Å²) in [6, 6.07) is 8.51. The molecule has 4 rings (SSSR count). The van der Waals surface area contributed by atoms with Crippen LogP contribution in [-0.2, 0) is 17.6 Å². The molecule has 0 spiro atoms. The van der Waals surface area contributed by atoms with Gasteiger partial charge in [-0.1, -0.05) is 0 Å². The van der Waals surface area contributed by atoms with Gasteiger partial charge in [-0.3, -0.25) is 9.59 Å². The second kappa shape index (κ2) is 8.14. The van der Waals surface area contributed by atoms with Gasteiger partial charge in [0.25, 0.3) is 5.91 Å². The number of carbonyl (C=O) groups excluding carboxylic acids is 2. The lowest BCUT2D eigenvalue weighted by Crippen LogP contribution is -2.51. The normalized spacial score (nSPS) is 19.1. The maximum atomic E-state index is 13.1. The number of hydrogen-bond donors (Lipinski definition) is 0. The molecule has 2 heterocycles. The zero-order valence-corrected chi connectivity index (χ0v) is 17.7. The number of rotatable bonds is 3. The molecule has 2 aliphatic rings. The van der Waals surface area contributed by atoms with E-state index in [0.29, 0.717) is 13.1 Å². The van der Waals surface area contributed by atoms with Gasteiger partial charge in [0.15, 0.2) is 0 Å². The number of thiophene rings is 1.